The summed E-state index contributed by atoms with van der Waals surface area (Å²) in [5.74, 6) is 1.89. The molecule has 0 atom stereocenters. The van der Waals surface area contributed by atoms with Crippen LogP contribution in [0.15, 0.2) is 47.4 Å². The van der Waals surface area contributed by atoms with Crippen LogP contribution in [0.3, 0.4) is 0 Å². The lowest BCUT2D eigenvalue weighted by atomic mass is 10.2. The molecule has 184 valence electrons. The van der Waals surface area contributed by atoms with Gasteiger partial charge >= 0.3 is 0 Å². The van der Waals surface area contributed by atoms with Crippen LogP contribution in [0.4, 0.5) is 5.69 Å². The molecule has 35 heavy (non-hydrogen) atoms. The molecule has 2 aromatic heterocycles. The van der Waals surface area contributed by atoms with Crippen LogP contribution in [0, 0.1) is 6.92 Å². The number of hydrogen-bond donors (Lipinski definition) is 2. The molecule has 0 radical (unpaired) electrons. The van der Waals surface area contributed by atoms with Gasteiger partial charge in [-0.15, -0.1) is 0 Å². The molecule has 1 aliphatic rings. The third-order valence-corrected chi connectivity index (χ3v) is 8.56. The van der Waals surface area contributed by atoms with Crippen molar-refractivity contribution in [2.45, 2.75) is 38.6 Å². The third kappa shape index (κ3) is 4.70. The molecular weight excluding hydrogens is 460 g/mol. The van der Waals surface area contributed by atoms with Crippen molar-refractivity contribution >= 4 is 26.6 Å². The molecule has 0 bridgehead atoms. The average molecular weight is 493 g/mol. The monoisotopic (exact) mass is 492 g/mol. The molecule has 4 aromatic rings. The third-order valence-electron chi connectivity index (χ3n) is 6.81. The molecule has 5 rings (SSSR count). The van der Waals surface area contributed by atoms with E-state index in [4.69, 9.17) is 9.97 Å². The second kappa shape index (κ2) is 9.47. The van der Waals surface area contributed by atoms with Crippen molar-refractivity contribution in [3.05, 3.63) is 59.7 Å². The molecule has 1 aliphatic heterocycles. The van der Waals surface area contributed by atoms with E-state index in [-0.39, 0.29) is 5.75 Å². The van der Waals surface area contributed by atoms with Gasteiger partial charge in [-0.25, -0.2) is 18.4 Å². The van der Waals surface area contributed by atoms with Crippen LogP contribution in [0.1, 0.15) is 31.1 Å². The standard InChI is InChI=1S/C26H32N6O2S/c1-4-24-27-18(3)22(28-24)17-31-13-15-32(16-14-31)23-8-6-7-21-25(23)30-26(29-21)19-9-11-20(12-10-19)35(33,34)5-2/h6-12H,4-5,13-17H2,1-3H3,(H,27,28)(H,29,30). The van der Waals surface area contributed by atoms with Gasteiger partial charge in [0.1, 0.15) is 17.2 Å². The van der Waals surface area contributed by atoms with Crippen LogP contribution < -0.4 is 4.90 Å². The van der Waals surface area contributed by atoms with Crippen molar-refractivity contribution in [1.29, 1.82) is 0 Å². The number of imidazole rings is 2. The number of rotatable bonds is 7. The topological polar surface area (TPSA) is 98.0 Å². The number of hydrogen-bond acceptors (Lipinski definition) is 6. The zero-order chi connectivity index (χ0) is 24.6. The number of benzene rings is 2. The second-order valence-electron chi connectivity index (χ2n) is 9.06. The molecule has 2 N–H and O–H groups in total. The van der Waals surface area contributed by atoms with Gasteiger partial charge in [-0.2, -0.15) is 0 Å². The van der Waals surface area contributed by atoms with Gasteiger partial charge in [-0.1, -0.05) is 19.9 Å². The lowest BCUT2D eigenvalue weighted by molar-refractivity contribution is 0.247. The highest BCUT2D eigenvalue weighted by molar-refractivity contribution is 7.91. The van der Waals surface area contributed by atoms with Gasteiger partial charge < -0.3 is 14.9 Å². The van der Waals surface area contributed by atoms with Gasteiger partial charge in [0.05, 0.1) is 27.5 Å². The first-order chi connectivity index (χ1) is 16.9. The molecule has 1 fully saturated rings. The van der Waals surface area contributed by atoms with Crippen LogP contribution in [0.5, 0.6) is 0 Å². The lowest BCUT2D eigenvalue weighted by Crippen LogP contribution is -2.46. The van der Waals surface area contributed by atoms with Crippen LogP contribution in [-0.4, -0.2) is 65.2 Å². The molecule has 0 unspecified atom stereocenters. The number of fused-ring (bicyclic) bond motifs is 1. The number of anilines is 1. The molecule has 8 nitrogen and oxygen atoms in total. The van der Waals surface area contributed by atoms with E-state index in [0.29, 0.717) is 4.90 Å². The molecule has 9 heteroatoms. The van der Waals surface area contributed by atoms with Crippen molar-refractivity contribution in [2.24, 2.45) is 0 Å². The predicted octanol–water partition coefficient (Wildman–Crippen LogP) is 3.94. The molecule has 0 spiro atoms. The average Bonchev–Trinajstić information content (AvgIpc) is 3.48. The number of aromatic nitrogens is 4. The number of aromatic amines is 2. The van der Waals surface area contributed by atoms with Crippen molar-refractivity contribution in [1.82, 2.24) is 24.8 Å². The summed E-state index contributed by atoms with van der Waals surface area (Å²) >= 11 is 0. The van der Waals surface area contributed by atoms with Gasteiger partial charge in [0.15, 0.2) is 9.84 Å². The molecular formula is C26H32N6O2S. The van der Waals surface area contributed by atoms with Gasteiger partial charge in [0, 0.05) is 50.4 Å². The van der Waals surface area contributed by atoms with Gasteiger partial charge in [-0.05, 0) is 43.3 Å². The predicted molar refractivity (Wildman–Crippen MR) is 139 cm³/mol. The highest BCUT2D eigenvalue weighted by Crippen LogP contribution is 2.29. The zero-order valence-electron chi connectivity index (χ0n) is 20.5. The number of piperazine rings is 1. The van der Waals surface area contributed by atoms with E-state index in [2.05, 4.69) is 45.7 Å². The van der Waals surface area contributed by atoms with E-state index < -0.39 is 9.84 Å². The van der Waals surface area contributed by atoms with Gasteiger partial charge in [0.2, 0.25) is 0 Å². The Balaban J connectivity index is 1.32. The minimum absolute atomic E-state index is 0.0920. The molecule has 0 saturated carbocycles. The number of para-hydroxylation sites is 1. The van der Waals surface area contributed by atoms with Crippen LogP contribution in [0.2, 0.25) is 0 Å². The molecule has 2 aromatic carbocycles. The Bertz CT molecular complexity index is 1430. The first-order valence-corrected chi connectivity index (χ1v) is 13.9. The van der Waals surface area contributed by atoms with E-state index in [1.54, 1.807) is 19.1 Å². The van der Waals surface area contributed by atoms with E-state index in [0.717, 1.165) is 78.8 Å². The summed E-state index contributed by atoms with van der Waals surface area (Å²) in [5.41, 5.74) is 6.22. The SMILES string of the molecule is CCc1nc(CN2CCN(c3cccc4[nH]c(-c5ccc(S(=O)(=O)CC)cc5)nc34)CC2)c(C)[nH]1. The first kappa shape index (κ1) is 23.6. The maximum atomic E-state index is 12.1. The fourth-order valence-electron chi connectivity index (χ4n) is 4.64. The Morgan fingerprint density at radius 2 is 1.69 bits per heavy atom. The number of sulfone groups is 1. The van der Waals surface area contributed by atoms with E-state index in [1.807, 2.05) is 18.2 Å². The normalized spacial score (nSPS) is 15.2. The fraction of sp³-hybridized carbons (Fsp3) is 0.385. The summed E-state index contributed by atoms with van der Waals surface area (Å²) in [6.45, 7) is 10.5. The number of nitrogens with zero attached hydrogens (tertiary/aromatic N) is 4. The van der Waals surface area contributed by atoms with Gasteiger partial charge in [0.25, 0.3) is 0 Å². The van der Waals surface area contributed by atoms with E-state index in [1.165, 1.54) is 5.69 Å². The van der Waals surface area contributed by atoms with Crippen molar-refractivity contribution in [3.8, 4) is 11.4 Å². The maximum Gasteiger partial charge on any atom is 0.178 e. The Hall–Kier alpha value is -3.17. The maximum absolute atomic E-state index is 12.1. The Kier molecular flexibility index (Phi) is 6.37. The van der Waals surface area contributed by atoms with Crippen LogP contribution in [-0.2, 0) is 22.8 Å². The zero-order valence-corrected chi connectivity index (χ0v) is 21.3. The first-order valence-electron chi connectivity index (χ1n) is 12.2. The summed E-state index contributed by atoms with van der Waals surface area (Å²) in [7, 11) is -3.22. The van der Waals surface area contributed by atoms with Crippen molar-refractivity contribution < 1.29 is 8.42 Å². The lowest BCUT2D eigenvalue weighted by Gasteiger charge is -2.36. The summed E-state index contributed by atoms with van der Waals surface area (Å²) in [6, 6.07) is 13.2. The van der Waals surface area contributed by atoms with Gasteiger partial charge in [-0.3, -0.25) is 4.90 Å². The molecule has 3 heterocycles. The Morgan fingerprint density at radius 3 is 2.34 bits per heavy atom. The summed E-state index contributed by atoms with van der Waals surface area (Å²) in [6.07, 6.45) is 0.923. The number of H-pyrrole nitrogens is 2. The van der Waals surface area contributed by atoms with Crippen molar-refractivity contribution in [2.75, 3.05) is 36.8 Å². The summed E-state index contributed by atoms with van der Waals surface area (Å²) in [5, 5.41) is 0. The largest absolute Gasteiger partial charge is 0.367 e. The van der Waals surface area contributed by atoms with Crippen molar-refractivity contribution in [3.63, 3.8) is 0 Å². The Morgan fingerprint density at radius 1 is 0.943 bits per heavy atom. The van der Waals surface area contributed by atoms with E-state index >= 15 is 0 Å². The Labute approximate surface area is 206 Å². The minimum atomic E-state index is -3.22. The van der Waals surface area contributed by atoms with E-state index in [9.17, 15) is 8.42 Å². The van der Waals surface area contributed by atoms with Crippen LogP contribution in [0.25, 0.3) is 22.4 Å². The highest BCUT2D eigenvalue weighted by Gasteiger charge is 2.22. The smallest absolute Gasteiger partial charge is 0.178 e. The fourth-order valence-corrected chi connectivity index (χ4v) is 5.52. The molecule has 1 saturated heterocycles. The second-order valence-corrected chi connectivity index (χ2v) is 11.3. The molecule has 0 aliphatic carbocycles. The minimum Gasteiger partial charge on any atom is -0.367 e. The summed E-state index contributed by atoms with van der Waals surface area (Å²) < 4.78 is 24.3. The van der Waals surface area contributed by atoms with Crippen LogP contribution >= 0.6 is 0 Å². The summed E-state index contributed by atoms with van der Waals surface area (Å²) in [4.78, 5) is 21.6. The molecule has 0 amide bonds. The number of aryl methyl sites for hydroxylation is 2. The highest BCUT2D eigenvalue weighted by atomic mass is 32.2. The number of nitrogens with one attached hydrogen (secondary N) is 2. The quantitative estimate of drug-likeness (QED) is 0.406.